The fourth-order valence-electron chi connectivity index (χ4n) is 2.18. The first-order valence-corrected chi connectivity index (χ1v) is 9.57. The van der Waals surface area contributed by atoms with Gasteiger partial charge in [-0.2, -0.15) is 0 Å². The molecule has 0 heterocycles. The van der Waals surface area contributed by atoms with Crippen LogP contribution in [0.15, 0.2) is 40.1 Å². The molecule has 2 rings (SSSR count). The molecule has 0 nitrogen and oxygen atoms in total. The minimum Gasteiger partial charge on any atom is -0.129 e. The summed E-state index contributed by atoms with van der Waals surface area (Å²) in [4.78, 5) is 2.78. The van der Waals surface area contributed by atoms with Crippen LogP contribution >= 0.6 is 23.5 Å². The molecule has 0 radical (unpaired) electrons. The zero-order valence-corrected chi connectivity index (χ0v) is 15.8. The first-order chi connectivity index (χ1) is 9.88. The molecule has 2 heteroatoms. The van der Waals surface area contributed by atoms with E-state index in [9.17, 15) is 0 Å². The van der Waals surface area contributed by atoms with Gasteiger partial charge < -0.3 is 0 Å². The van der Waals surface area contributed by atoms with Crippen molar-refractivity contribution in [3.05, 3.63) is 58.1 Å². The second-order valence-electron chi connectivity index (χ2n) is 5.38. The van der Waals surface area contributed by atoms with Crippen molar-refractivity contribution in [1.82, 2.24) is 0 Å². The summed E-state index contributed by atoms with van der Waals surface area (Å²) in [5, 5.41) is 0. The first kappa shape index (κ1) is 18.2. The van der Waals surface area contributed by atoms with Gasteiger partial charge in [0.25, 0.3) is 0 Å². The van der Waals surface area contributed by atoms with E-state index in [1.54, 1.807) is 11.8 Å². The normalized spacial score (nSPS) is 10.0. The Morgan fingerprint density at radius 2 is 1.10 bits per heavy atom. The van der Waals surface area contributed by atoms with Crippen LogP contribution in [0, 0.1) is 34.6 Å². The molecule has 0 atom stereocenters. The molecule has 0 amide bonds. The van der Waals surface area contributed by atoms with Gasteiger partial charge in [-0.25, -0.2) is 0 Å². The standard InChI is InChI=1S/C10H14S.C9H12S/c1-7-5-9(3)10(11-4)6-8(7)2;1-7-4-5-9(10-3)8(2)6-7/h5-6H,1-4H3;4-6H,1-3H3. The molecule has 0 bridgehead atoms. The Kier molecular flexibility index (Phi) is 7.41. The van der Waals surface area contributed by atoms with Crippen molar-refractivity contribution in [2.75, 3.05) is 12.5 Å². The highest BCUT2D eigenvalue weighted by atomic mass is 32.2. The average molecular weight is 319 g/mol. The summed E-state index contributed by atoms with van der Waals surface area (Å²) < 4.78 is 0. The van der Waals surface area contributed by atoms with E-state index in [0.29, 0.717) is 0 Å². The number of hydrogen-bond acceptors (Lipinski definition) is 2. The van der Waals surface area contributed by atoms with Gasteiger partial charge in [-0.05, 0) is 81.5 Å². The number of hydrogen-bond donors (Lipinski definition) is 0. The van der Waals surface area contributed by atoms with E-state index in [1.807, 2.05) is 11.8 Å². The van der Waals surface area contributed by atoms with Crippen molar-refractivity contribution >= 4 is 23.5 Å². The maximum Gasteiger partial charge on any atom is 0.0101 e. The van der Waals surface area contributed by atoms with Crippen LogP contribution in [0.4, 0.5) is 0 Å². The van der Waals surface area contributed by atoms with E-state index in [-0.39, 0.29) is 0 Å². The monoisotopic (exact) mass is 318 g/mol. The van der Waals surface area contributed by atoms with E-state index in [2.05, 4.69) is 77.5 Å². The Morgan fingerprint density at radius 3 is 1.62 bits per heavy atom. The first-order valence-electron chi connectivity index (χ1n) is 7.12. The summed E-state index contributed by atoms with van der Waals surface area (Å²) in [5.41, 5.74) is 6.89. The molecule has 0 saturated carbocycles. The Bertz CT molecular complexity index is 601. The van der Waals surface area contributed by atoms with Crippen LogP contribution in [-0.4, -0.2) is 12.5 Å². The highest BCUT2D eigenvalue weighted by Crippen LogP contribution is 2.23. The van der Waals surface area contributed by atoms with Crippen molar-refractivity contribution < 1.29 is 0 Å². The molecule has 0 aliphatic heterocycles. The van der Waals surface area contributed by atoms with Gasteiger partial charge in [0.05, 0.1) is 0 Å². The summed E-state index contributed by atoms with van der Waals surface area (Å²) in [6.45, 7) is 10.8. The molecule has 0 aliphatic carbocycles. The van der Waals surface area contributed by atoms with Gasteiger partial charge in [-0.15, -0.1) is 23.5 Å². The minimum atomic E-state index is 1.34. The van der Waals surface area contributed by atoms with Gasteiger partial charge in [-0.1, -0.05) is 23.8 Å². The molecule has 0 fully saturated rings. The van der Waals surface area contributed by atoms with Crippen LogP contribution in [0.25, 0.3) is 0 Å². The van der Waals surface area contributed by atoms with Gasteiger partial charge in [0.2, 0.25) is 0 Å². The van der Waals surface area contributed by atoms with Crippen LogP contribution in [-0.2, 0) is 0 Å². The Morgan fingerprint density at radius 1 is 0.571 bits per heavy atom. The second kappa shape index (κ2) is 8.55. The SMILES string of the molecule is CSc1cc(C)c(C)cc1C.CSc1ccc(C)cc1C. The van der Waals surface area contributed by atoms with E-state index >= 15 is 0 Å². The van der Waals surface area contributed by atoms with Crippen LogP contribution in [0.1, 0.15) is 27.8 Å². The molecule has 0 unspecified atom stereocenters. The van der Waals surface area contributed by atoms with E-state index in [4.69, 9.17) is 0 Å². The average Bonchev–Trinajstić information content (AvgIpc) is 2.44. The van der Waals surface area contributed by atoms with Crippen LogP contribution in [0.5, 0.6) is 0 Å². The number of benzene rings is 2. The zero-order valence-electron chi connectivity index (χ0n) is 14.2. The summed E-state index contributed by atoms with van der Waals surface area (Å²) >= 11 is 3.62. The van der Waals surface area contributed by atoms with Gasteiger partial charge in [0.15, 0.2) is 0 Å². The highest BCUT2D eigenvalue weighted by molar-refractivity contribution is 7.98. The van der Waals surface area contributed by atoms with Crippen molar-refractivity contribution in [2.24, 2.45) is 0 Å². The molecule has 0 N–H and O–H groups in total. The van der Waals surface area contributed by atoms with Gasteiger partial charge in [0, 0.05) is 9.79 Å². The maximum atomic E-state index is 2.26. The van der Waals surface area contributed by atoms with Gasteiger partial charge in [0.1, 0.15) is 0 Å². The molecule has 2 aromatic carbocycles. The van der Waals surface area contributed by atoms with Crippen molar-refractivity contribution in [1.29, 1.82) is 0 Å². The topological polar surface area (TPSA) is 0 Å². The predicted octanol–water partition coefficient (Wildman–Crippen LogP) is 6.36. The van der Waals surface area contributed by atoms with Crippen LogP contribution < -0.4 is 0 Å². The van der Waals surface area contributed by atoms with Gasteiger partial charge >= 0.3 is 0 Å². The number of thioether (sulfide) groups is 2. The minimum absolute atomic E-state index is 1.34. The lowest BCUT2D eigenvalue weighted by atomic mass is 10.1. The van der Waals surface area contributed by atoms with Gasteiger partial charge in [-0.3, -0.25) is 0 Å². The van der Waals surface area contributed by atoms with Crippen molar-refractivity contribution in [2.45, 2.75) is 44.4 Å². The second-order valence-corrected chi connectivity index (χ2v) is 7.08. The quantitative estimate of drug-likeness (QED) is 0.591. The summed E-state index contributed by atoms with van der Waals surface area (Å²) in [6, 6.07) is 11.1. The fraction of sp³-hybridized carbons (Fsp3) is 0.368. The smallest absolute Gasteiger partial charge is 0.0101 e. The van der Waals surface area contributed by atoms with E-state index in [0.717, 1.165) is 0 Å². The summed E-state index contributed by atoms with van der Waals surface area (Å²) in [7, 11) is 0. The Hall–Kier alpha value is -0.860. The molecule has 0 spiro atoms. The third-order valence-corrected chi connectivity index (χ3v) is 5.34. The Balaban J connectivity index is 0.000000211. The predicted molar refractivity (Wildman–Crippen MR) is 100 cm³/mol. The lowest BCUT2D eigenvalue weighted by molar-refractivity contribution is 1.21. The third-order valence-electron chi connectivity index (χ3n) is 3.56. The summed E-state index contributed by atoms with van der Waals surface area (Å²) in [5.74, 6) is 0. The number of rotatable bonds is 2. The fourth-order valence-corrected chi connectivity index (χ4v) is 3.44. The third kappa shape index (κ3) is 5.44. The molecule has 21 heavy (non-hydrogen) atoms. The molecular formula is C19H26S2. The van der Waals surface area contributed by atoms with Crippen LogP contribution in [0.2, 0.25) is 0 Å². The molecule has 0 aliphatic rings. The summed E-state index contributed by atoms with van der Waals surface area (Å²) in [6.07, 6.45) is 4.23. The maximum absolute atomic E-state index is 2.26. The molecule has 0 saturated heterocycles. The lowest BCUT2D eigenvalue weighted by Crippen LogP contribution is -1.85. The molecule has 2 aromatic rings. The molecular weight excluding hydrogens is 292 g/mol. The van der Waals surface area contributed by atoms with Crippen LogP contribution in [0.3, 0.4) is 0 Å². The van der Waals surface area contributed by atoms with Crippen molar-refractivity contribution in [3.63, 3.8) is 0 Å². The number of aryl methyl sites for hydroxylation is 5. The Labute approximate surface area is 138 Å². The lowest BCUT2D eigenvalue weighted by Gasteiger charge is -2.06. The molecule has 0 aromatic heterocycles. The van der Waals surface area contributed by atoms with E-state index in [1.165, 1.54) is 37.6 Å². The zero-order chi connectivity index (χ0) is 16.0. The largest absolute Gasteiger partial charge is 0.129 e. The highest BCUT2D eigenvalue weighted by Gasteiger charge is 1.99. The van der Waals surface area contributed by atoms with E-state index < -0.39 is 0 Å². The molecule has 114 valence electrons. The van der Waals surface area contributed by atoms with Crippen molar-refractivity contribution in [3.8, 4) is 0 Å².